The number of amides is 1. The standard InChI is InChI=1S/C14H18N4O3/c1-2-20-11-5-3-4-6-12(11)21-9-14(19)15-8-7-13-16-10-17-18-13/h3-6,10H,2,7-9H2,1H3,(H,15,19)(H,16,17,18). The molecule has 0 bridgehead atoms. The Kier molecular flexibility index (Phi) is 5.57. The van der Waals surface area contributed by atoms with Crippen molar-refractivity contribution in [1.29, 1.82) is 0 Å². The Hall–Kier alpha value is -2.57. The van der Waals surface area contributed by atoms with Gasteiger partial charge in [-0.1, -0.05) is 12.1 Å². The molecule has 1 heterocycles. The van der Waals surface area contributed by atoms with Crippen LogP contribution < -0.4 is 14.8 Å². The molecule has 0 aliphatic heterocycles. The van der Waals surface area contributed by atoms with E-state index in [2.05, 4.69) is 20.5 Å². The summed E-state index contributed by atoms with van der Waals surface area (Å²) in [7, 11) is 0. The minimum absolute atomic E-state index is 0.0551. The zero-order chi connectivity index (χ0) is 14.9. The molecule has 112 valence electrons. The minimum atomic E-state index is -0.194. The fraction of sp³-hybridized carbons (Fsp3) is 0.357. The Bertz CT molecular complexity index is 557. The summed E-state index contributed by atoms with van der Waals surface area (Å²) >= 11 is 0. The maximum Gasteiger partial charge on any atom is 0.257 e. The predicted octanol–water partition coefficient (Wildman–Crippen LogP) is 0.941. The van der Waals surface area contributed by atoms with E-state index in [0.717, 1.165) is 5.82 Å². The smallest absolute Gasteiger partial charge is 0.257 e. The maximum atomic E-state index is 11.7. The van der Waals surface area contributed by atoms with E-state index in [1.807, 2.05) is 19.1 Å². The van der Waals surface area contributed by atoms with E-state index in [9.17, 15) is 4.79 Å². The van der Waals surface area contributed by atoms with Gasteiger partial charge in [0.25, 0.3) is 5.91 Å². The van der Waals surface area contributed by atoms with Gasteiger partial charge in [-0.3, -0.25) is 9.89 Å². The third-order valence-corrected chi connectivity index (χ3v) is 2.66. The molecule has 0 fully saturated rings. The van der Waals surface area contributed by atoms with Crippen molar-refractivity contribution in [2.75, 3.05) is 19.8 Å². The van der Waals surface area contributed by atoms with Crippen molar-refractivity contribution in [3.63, 3.8) is 0 Å². The quantitative estimate of drug-likeness (QED) is 0.755. The van der Waals surface area contributed by atoms with Crippen molar-refractivity contribution in [2.45, 2.75) is 13.3 Å². The highest BCUT2D eigenvalue weighted by Gasteiger charge is 2.07. The van der Waals surface area contributed by atoms with Gasteiger partial charge in [0.1, 0.15) is 12.2 Å². The monoisotopic (exact) mass is 290 g/mol. The summed E-state index contributed by atoms with van der Waals surface area (Å²) in [5, 5.41) is 9.22. The number of hydrogen-bond acceptors (Lipinski definition) is 5. The van der Waals surface area contributed by atoms with Crippen molar-refractivity contribution in [1.82, 2.24) is 20.5 Å². The number of carbonyl (C=O) groups is 1. The van der Waals surface area contributed by atoms with Gasteiger partial charge in [0.05, 0.1) is 6.61 Å². The minimum Gasteiger partial charge on any atom is -0.490 e. The number of nitrogens with zero attached hydrogens (tertiary/aromatic N) is 2. The van der Waals surface area contributed by atoms with Gasteiger partial charge in [0, 0.05) is 13.0 Å². The van der Waals surface area contributed by atoms with Crippen LogP contribution in [0, 0.1) is 0 Å². The predicted molar refractivity (Wildman–Crippen MR) is 76.2 cm³/mol. The normalized spacial score (nSPS) is 10.1. The molecule has 0 aliphatic rings. The van der Waals surface area contributed by atoms with E-state index in [0.29, 0.717) is 31.1 Å². The molecule has 1 aromatic carbocycles. The van der Waals surface area contributed by atoms with Crippen LogP contribution in [0.25, 0.3) is 0 Å². The fourth-order valence-corrected chi connectivity index (χ4v) is 1.71. The molecule has 2 rings (SSSR count). The van der Waals surface area contributed by atoms with Crippen molar-refractivity contribution in [2.24, 2.45) is 0 Å². The lowest BCUT2D eigenvalue weighted by atomic mass is 10.3. The molecule has 7 heteroatoms. The highest BCUT2D eigenvalue weighted by atomic mass is 16.5. The van der Waals surface area contributed by atoms with Gasteiger partial charge in [0.15, 0.2) is 18.1 Å². The number of carbonyl (C=O) groups excluding carboxylic acids is 1. The molecule has 0 saturated carbocycles. The summed E-state index contributed by atoms with van der Waals surface area (Å²) in [6, 6.07) is 7.27. The van der Waals surface area contributed by atoms with E-state index in [-0.39, 0.29) is 12.5 Å². The Balaban J connectivity index is 1.73. The van der Waals surface area contributed by atoms with Crippen LogP contribution in [0.5, 0.6) is 11.5 Å². The zero-order valence-corrected chi connectivity index (χ0v) is 11.8. The van der Waals surface area contributed by atoms with E-state index >= 15 is 0 Å². The molecule has 0 radical (unpaired) electrons. The van der Waals surface area contributed by atoms with Crippen LogP contribution in [0.1, 0.15) is 12.7 Å². The highest BCUT2D eigenvalue weighted by Crippen LogP contribution is 2.26. The summed E-state index contributed by atoms with van der Waals surface area (Å²) in [5.41, 5.74) is 0. The Labute approximate surface area is 122 Å². The second kappa shape index (κ2) is 7.88. The van der Waals surface area contributed by atoms with E-state index in [1.165, 1.54) is 6.33 Å². The molecule has 0 aliphatic carbocycles. The first-order valence-corrected chi connectivity index (χ1v) is 6.75. The second-order valence-corrected chi connectivity index (χ2v) is 4.20. The number of hydrogen-bond donors (Lipinski definition) is 2. The fourth-order valence-electron chi connectivity index (χ4n) is 1.71. The number of ether oxygens (including phenoxy) is 2. The van der Waals surface area contributed by atoms with E-state index < -0.39 is 0 Å². The molecule has 21 heavy (non-hydrogen) atoms. The van der Waals surface area contributed by atoms with Gasteiger partial charge in [-0.15, -0.1) is 0 Å². The van der Waals surface area contributed by atoms with Crippen LogP contribution >= 0.6 is 0 Å². The molecule has 1 amide bonds. The summed E-state index contributed by atoms with van der Waals surface area (Å²) in [6.45, 7) is 2.86. The van der Waals surface area contributed by atoms with Crippen LogP contribution in [0.2, 0.25) is 0 Å². The summed E-state index contributed by atoms with van der Waals surface area (Å²) < 4.78 is 10.9. The third kappa shape index (κ3) is 4.79. The topological polar surface area (TPSA) is 89.1 Å². The average molecular weight is 290 g/mol. The lowest BCUT2D eigenvalue weighted by molar-refractivity contribution is -0.123. The molecule has 2 N–H and O–H groups in total. The third-order valence-electron chi connectivity index (χ3n) is 2.66. The lowest BCUT2D eigenvalue weighted by Crippen LogP contribution is -2.30. The Morgan fingerprint density at radius 2 is 2.05 bits per heavy atom. The van der Waals surface area contributed by atoms with Crippen molar-refractivity contribution < 1.29 is 14.3 Å². The van der Waals surface area contributed by atoms with Gasteiger partial charge in [0.2, 0.25) is 0 Å². The summed E-state index contributed by atoms with van der Waals surface area (Å²) in [4.78, 5) is 15.7. The molecule has 2 aromatic rings. The molecule has 0 atom stereocenters. The van der Waals surface area contributed by atoms with Crippen LogP contribution in [-0.2, 0) is 11.2 Å². The summed E-state index contributed by atoms with van der Waals surface area (Å²) in [5.74, 6) is 1.73. The van der Waals surface area contributed by atoms with Crippen LogP contribution in [0.4, 0.5) is 0 Å². The zero-order valence-electron chi connectivity index (χ0n) is 11.8. The number of aromatic nitrogens is 3. The average Bonchev–Trinajstić information content (AvgIpc) is 3.00. The molecule has 7 nitrogen and oxygen atoms in total. The number of H-pyrrole nitrogens is 1. The highest BCUT2D eigenvalue weighted by molar-refractivity contribution is 5.77. The van der Waals surface area contributed by atoms with Crippen LogP contribution in [0.3, 0.4) is 0 Å². The van der Waals surface area contributed by atoms with Crippen molar-refractivity contribution in [3.05, 3.63) is 36.4 Å². The Morgan fingerprint density at radius 3 is 2.71 bits per heavy atom. The number of nitrogens with one attached hydrogen (secondary N) is 2. The van der Waals surface area contributed by atoms with Gasteiger partial charge in [-0.25, -0.2) is 4.98 Å². The van der Waals surface area contributed by atoms with Gasteiger partial charge >= 0.3 is 0 Å². The number of benzene rings is 1. The molecular weight excluding hydrogens is 272 g/mol. The van der Waals surface area contributed by atoms with Crippen molar-refractivity contribution >= 4 is 5.91 Å². The lowest BCUT2D eigenvalue weighted by Gasteiger charge is -2.11. The Morgan fingerprint density at radius 1 is 1.29 bits per heavy atom. The first kappa shape index (κ1) is 14.8. The molecule has 1 aromatic heterocycles. The first-order valence-electron chi connectivity index (χ1n) is 6.75. The van der Waals surface area contributed by atoms with Crippen molar-refractivity contribution in [3.8, 4) is 11.5 Å². The van der Waals surface area contributed by atoms with Gasteiger partial charge < -0.3 is 14.8 Å². The van der Waals surface area contributed by atoms with Crippen LogP contribution in [0.15, 0.2) is 30.6 Å². The van der Waals surface area contributed by atoms with E-state index in [4.69, 9.17) is 9.47 Å². The number of rotatable bonds is 8. The molecule has 0 unspecified atom stereocenters. The largest absolute Gasteiger partial charge is 0.490 e. The maximum absolute atomic E-state index is 11.7. The number of para-hydroxylation sites is 2. The van der Waals surface area contributed by atoms with E-state index in [1.54, 1.807) is 12.1 Å². The second-order valence-electron chi connectivity index (χ2n) is 4.20. The number of aromatic amines is 1. The summed E-state index contributed by atoms with van der Waals surface area (Å²) in [6.07, 6.45) is 2.03. The molecule has 0 spiro atoms. The van der Waals surface area contributed by atoms with Gasteiger partial charge in [-0.05, 0) is 19.1 Å². The van der Waals surface area contributed by atoms with Crippen LogP contribution in [-0.4, -0.2) is 40.8 Å². The molecular formula is C14H18N4O3. The first-order chi connectivity index (χ1) is 10.3. The SMILES string of the molecule is CCOc1ccccc1OCC(=O)NCCc1ncn[nH]1. The van der Waals surface area contributed by atoms with Gasteiger partial charge in [-0.2, -0.15) is 5.10 Å². The molecule has 0 saturated heterocycles.